The van der Waals surface area contributed by atoms with E-state index in [1.807, 2.05) is 34.6 Å². The highest BCUT2D eigenvalue weighted by atomic mass is 16.4. The summed E-state index contributed by atoms with van der Waals surface area (Å²) in [6, 6.07) is -3.26. The van der Waals surface area contributed by atoms with Gasteiger partial charge in [0.15, 0.2) is 0 Å². The highest BCUT2D eigenvalue weighted by Gasteiger charge is 2.39. The molecular formula is C23H42N4O5. The number of hydrogen-bond acceptors (Lipinski definition) is 5. The highest BCUT2D eigenvalue weighted by Crippen LogP contribution is 2.21. The van der Waals surface area contributed by atoms with Crippen LogP contribution in [0.4, 0.5) is 0 Å². The Morgan fingerprint density at radius 1 is 1.03 bits per heavy atom. The Balaban J connectivity index is 2.96. The summed E-state index contributed by atoms with van der Waals surface area (Å²) in [7, 11) is 0. The van der Waals surface area contributed by atoms with Crippen LogP contribution in [0.5, 0.6) is 0 Å². The molecule has 1 saturated heterocycles. The van der Waals surface area contributed by atoms with Gasteiger partial charge in [0.25, 0.3) is 0 Å². The van der Waals surface area contributed by atoms with Gasteiger partial charge in [0.05, 0.1) is 6.04 Å². The number of hydrogen-bond donors (Lipinski definition) is 4. The zero-order valence-corrected chi connectivity index (χ0v) is 20.4. The first-order valence-corrected chi connectivity index (χ1v) is 11.8. The van der Waals surface area contributed by atoms with Gasteiger partial charge in [-0.25, -0.2) is 4.79 Å². The molecule has 0 bridgehead atoms. The number of nitrogens with zero attached hydrogens (tertiary/aromatic N) is 1. The molecule has 0 aromatic carbocycles. The number of carbonyl (C=O) groups is 4. The molecule has 1 heterocycles. The summed E-state index contributed by atoms with van der Waals surface area (Å²) in [4.78, 5) is 52.0. The van der Waals surface area contributed by atoms with Gasteiger partial charge in [-0.3, -0.25) is 14.4 Å². The maximum atomic E-state index is 13.1. The number of likely N-dealkylation sites (tertiary alicyclic amines) is 1. The predicted molar refractivity (Wildman–Crippen MR) is 123 cm³/mol. The second-order valence-corrected chi connectivity index (χ2v) is 9.50. The molecule has 1 aliphatic rings. The first kappa shape index (κ1) is 27.9. The van der Waals surface area contributed by atoms with Gasteiger partial charge in [-0.2, -0.15) is 0 Å². The molecule has 5 N–H and O–H groups in total. The molecule has 9 heteroatoms. The fourth-order valence-electron chi connectivity index (χ4n) is 3.90. The molecule has 6 unspecified atom stereocenters. The topological polar surface area (TPSA) is 142 Å². The summed E-state index contributed by atoms with van der Waals surface area (Å²) in [5, 5.41) is 14.9. The van der Waals surface area contributed by atoms with Crippen molar-refractivity contribution >= 4 is 23.7 Å². The number of nitrogens with two attached hydrogens (primary N) is 1. The maximum absolute atomic E-state index is 13.1. The lowest BCUT2D eigenvalue weighted by atomic mass is 9.97. The Labute approximate surface area is 191 Å². The first-order valence-electron chi connectivity index (χ1n) is 11.8. The molecule has 0 saturated carbocycles. The summed E-state index contributed by atoms with van der Waals surface area (Å²) in [6.07, 6.45) is 2.90. The molecule has 0 radical (unpaired) electrons. The Bertz CT molecular complexity index is 669. The van der Waals surface area contributed by atoms with Crippen molar-refractivity contribution in [1.29, 1.82) is 0 Å². The molecule has 6 atom stereocenters. The molecule has 1 fully saturated rings. The average molecular weight is 455 g/mol. The zero-order chi connectivity index (χ0) is 24.6. The third-order valence-electron chi connectivity index (χ3n) is 6.50. The van der Waals surface area contributed by atoms with Gasteiger partial charge in [0.2, 0.25) is 17.7 Å². The fourth-order valence-corrected chi connectivity index (χ4v) is 3.90. The standard InChI is InChI=1S/C23H42N4O5/c1-7-14(5)18(24)22(30)27-11-9-10-17(27)21(29)25-16(12-13(3)4)20(28)26-19(23(31)32)15(6)8-2/h13-19H,7-12,24H2,1-6H3,(H,25,29)(H,26,28)(H,31,32). The Morgan fingerprint density at radius 2 is 1.62 bits per heavy atom. The van der Waals surface area contributed by atoms with Crippen molar-refractivity contribution in [2.24, 2.45) is 23.5 Å². The molecule has 1 aliphatic heterocycles. The summed E-state index contributed by atoms with van der Waals surface area (Å²) in [5.74, 6) is -2.43. The lowest BCUT2D eigenvalue weighted by Crippen LogP contribution is -2.58. The molecule has 0 aromatic rings. The van der Waals surface area contributed by atoms with Gasteiger partial charge >= 0.3 is 5.97 Å². The largest absolute Gasteiger partial charge is 0.480 e. The summed E-state index contributed by atoms with van der Waals surface area (Å²) in [5.41, 5.74) is 6.11. The van der Waals surface area contributed by atoms with Crippen LogP contribution in [-0.2, 0) is 19.2 Å². The zero-order valence-electron chi connectivity index (χ0n) is 20.4. The minimum Gasteiger partial charge on any atom is -0.480 e. The van der Waals surface area contributed by atoms with E-state index in [-0.39, 0.29) is 23.7 Å². The number of nitrogens with one attached hydrogen (secondary N) is 2. The molecular weight excluding hydrogens is 412 g/mol. The van der Waals surface area contributed by atoms with Gasteiger partial charge < -0.3 is 26.4 Å². The number of carboxylic acids is 1. The van der Waals surface area contributed by atoms with Crippen LogP contribution in [0.3, 0.4) is 0 Å². The summed E-state index contributed by atoms with van der Waals surface area (Å²) < 4.78 is 0. The van der Waals surface area contributed by atoms with Crippen LogP contribution in [0.1, 0.15) is 73.6 Å². The Hall–Kier alpha value is -2.16. The minimum absolute atomic E-state index is 0.000198. The monoisotopic (exact) mass is 454 g/mol. The van der Waals surface area contributed by atoms with E-state index in [9.17, 15) is 24.3 Å². The van der Waals surface area contributed by atoms with Crippen LogP contribution in [0.2, 0.25) is 0 Å². The number of aliphatic carboxylic acids is 1. The molecule has 1 rings (SSSR count). The van der Waals surface area contributed by atoms with E-state index in [1.165, 1.54) is 4.90 Å². The van der Waals surface area contributed by atoms with Crippen molar-refractivity contribution in [1.82, 2.24) is 15.5 Å². The molecule has 0 spiro atoms. The molecule has 3 amide bonds. The van der Waals surface area contributed by atoms with Crippen molar-refractivity contribution in [3.8, 4) is 0 Å². The van der Waals surface area contributed by atoms with E-state index >= 15 is 0 Å². The quantitative estimate of drug-likeness (QED) is 0.352. The van der Waals surface area contributed by atoms with Crippen molar-refractivity contribution in [2.75, 3.05) is 6.54 Å². The van der Waals surface area contributed by atoms with Crippen LogP contribution in [0.25, 0.3) is 0 Å². The SMILES string of the molecule is CCC(C)C(N)C(=O)N1CCCC1C(=O)NC(CC(C)C)C(=O)NC(C(=O)O)C(C)CC. The van der Waals surface area contributed by atoms with Gasteiger partial charge in [0.1, 0.15) is 18.1 Å². The van der Waals surface area contributed by atoms with E-state index < -0.39 is 42.0 Å². The maximum Gasteiger partial charge on any atom is 0.326 e. The Morgan fingerprint density at radius 3 is 2.12 bits per heavy atom. The smallest absolute Gasteiger partial charge is 0.326 e. The van der Waals surface area contributed by atoms with E-state index in [0.717, 1.165) is 6.42 Å². The minimum atomic E-state index is -1.10. The lowest BCUT2D eigenvalue weighted by Gasteiger charge is -2.30. The lowest BCUT2D eigenvalue weighted by molar-refractivity contribution is -0.144. The summed E-state index contributed by atoms with van der Waals surface area (Å²) in [6.45, 7) is 11.8. The van der Waals surface area contributed by atoms with E-state index in [0.29, 0.717) is 32.2 Å². The highest BCUT2D eigenvalue weighted by molar-refractivity contribution is 5.94. The van der Waals surface area contributed by atoms with Crippen LogP contribution < -0.4 is 16.4 Å². The van der Waals surface area contributed by atoms with Crippen molar-refractivity contribution in [3.63, 3.8) is 0 Å². The van der Waals surface area contributed by atoms with Gasteiger partial charge in [0, 0.05) is 6.54 Å². The van der Waals surface area contributed by atoms with Gasteiger partial charge in [-0.05, 0) is 37.0 Å². The van der Waals surface area contributed by atoms with Crippen molar-refractivity contribution in [2.45, 2.75) is 97.8 Å². The van der Waals surface area contributed by atoms with Crippen LogP contribution in [-0.4, -0.2) is 64.4 Å². The van der Waals surface area contributed by atoms with Crippen LogP contribution in [0.15, 0.2) is 0 Å². The summed E-state index contributed by atoms with van der Waals surface area (Å²) >= 11 is 0. The molecule has 184 valence electrons. The molecule has 32 heavy (non-hydrogen) atoms. The van der Waals surface area contributed by atoms with Gasteiger partial charge in [-0.1, -0.05) is 54.4 Å². The van der Waals surface area contributed by atoms with Gasteiger partial charge in [-0.15, -0.1) is 0 Å². The molecule has 9 nitrogen and oxygen atoms in total. The van der Waals surface area contributed by atoms with Crippen molar-refractivity contribution < 1.29 is 24.3 Å². The first-order chi connectivity index (χ1) is 14.9. The number of carbonyl (C=O) groups excluding carboxylic acids is 3. The predicted octanol–water partition coefficient (Wildman–Crippen LogP) is 1.50. The van der Waals surface area contributed by atoms with Crippen LogP contribution >= 0.6 is 0 Å². The molecule has 0 aromatic heterocycles. The molecule has 0 aliphatic carbocycles. The third-order valence-corrected chi connectivity index (χ3v) is 6.50. The van der Waals surface area contributed by atoms with E-state index in [1.54, 1.807) is 6.92 Å². The Kier molecular flexibility index (Phi) is 11.1. The fraction of sp³-hybridized carbons (Fsp3) is 0.826. The normalized spacial score (nSPS) is 20.9. The van der Waals surface area contributed by atoms with E-state index in [4.69, 9.17) is 5.73 Å². The second-order valence-electron chi connectivity index (χ2n) is 9.50. The van der Waals surface area contributed by atoms with Crippen LogP contribution in [0, 0.1) is 17.8 Å². The third kappa shape index (κ3) is 7.46. The van der Waals surface area contributed by atoms with E-state index in [2.05, 4.69) is 10.6 Å². The average Bonchev–Trinajstić information content (AvgIpc) is 3.24. The number of rotatable bonds is 12. The van der Waals surface area contributed by atoms with Crippen molar-refractivity contribution in [3.05, 3.63) is 0 Å². The number of carboxylic acid groups (broad SMARTS) is 1. The second kappa shape index (κ2) is 12.8. The number of amides is 3.